The van der Waals surface area contributed by atoms with E-state index in [4.69, 9.17) is 9.15 Å². The monoisotopic (exact) mass is 311 g/mol. The van der Waals surface area contributed by atoms with Gasteiger partial charge in [-0.3, -0.25) is 9.52 Å². The van der Waals surface area contributed by atoms with Crippen molar-refractivity contribution in [1.82, 2.24) is 4.72 Å². The van der Waals surface area contributed by atoms with E-state index in [0.29, 0.717) is 19.4 Å². The van der Waals surface area contributed by atoms with Gasteiger partial charge in [0.25, 0.3) is 0 Å². The fourth-order valence-corrected chi connectivity index (χ4v) is 2.44. The second-order valence-electron chi connectivity index (χ2n) is 4.69. The summed E-state index contributed by atoms with van der Waals surface area (Å²) in [6, 6.07) is 7.40. The molecule has 1 amide bonds. The van der Waals surface area contributed by atoms with Gasteiger partial charge in [0.05, 0.1) is 24.5 Å². The average molecular weight is 311 g/mol. The molecule has 1 N–H and O–H groups in total. The number of furan rings is 1. The highest BCUT2D eigenvalue weighted by molar-refractivity contribution is 7.89. The summed E-state index contributed by atoms with van der Waals surface area (Å²) in [5.74, 6) is 0.247. The number of hydrogen-bond acceptors (Lipinski definition) is 5. The third kappa shape index (κ3) is 4.78. The summed E-state index contributed by atoms with van der Waals surface area (Å²) in [5, 5.41) is 0.910. The van der Waals surface area contributed by atoms with Crippen molar-refractivity contribution in [3.05, 3.63) is 30.5 Å². The van der Waals surface area contributed by atoms with E-state index < -0.39 is 15.9 Å². The molecule has 1 aromatic heterocycles. The summed E-state index contributed by atoms with van der Waals surface area (Å²) in [6.07, 6.45) is 3.94. The Morgan fingerprint density at radius 3 is 2.86 bits per heavy atom. The van der Waals surface area contributed by atoms with Crippen LogP contribution >= 0.6 is 0 Å². The Morgan fingerprint density at radius 2 is 2.10 bits per heavy atom. The van der Waals surface area contributed by atoms with Crippen LogP contribution in [0.1, 0.15) is 19.3 Å². The number of amides is 1. The van der Waals surface area contributed by atoms with Gasteiger partial charge in [0.15, 0.2) is 0 Å². The molecule has 0 unspecified atom stereocenters. The van der Waals surface area contributed by atoms with Gasteiger partial charge in [0.1, 0.15) is 11.3 Å². The van der Waals surface area contributed by atoms with Crippen LogP contribution in [0.2, 0.25) is 0 Å². The number of fused-ring (bicyclic) bond motifs is 1. The predicted molar refractivity (Wildman–Crippen MR) is 78.5 cm³/mol. The second-order valence-corrected chi connectivity index (χ2v) is 6.44. The summed E-state index contributed by atoms with van der Waals surface area (Å²) >= 11 is 0. The molecule has 7 heteroatoms. The van der Waals surface area contributed by atoms with Crippen molar-refractivity contribution < 1.29 is 22.4 Å². The standard InChI is InChI=1S/C14H17NO5S/c1-21(17,18)15-14(16)7-2-3-9-19-12-5-4-6-13-11(12)8-10-20-13/h4-6,8,10H,2-3,7,9H2,1H3,(H,15,16). The zero-order valence-corrected chi connectivity index (χ0v) is 12.5. The van der Waals surface area contributed by atoms with Crippen molar-refractivity contribution in [2.45, 2.75) is 19.3 Å². The Morgan fingerprint density at radius 1 is 1.29 bits per heavy atom. The number of sulfonamides is 1. The zero-order chi connectivity index (χ0) is 15.3. The number of nitrogens with one attached hydrogen (secondary N) is 1. The van der Waals surface area contributed by atoms with E-state index in [-0.39, 0.29) is 6.42 Å². The maximum Gasteiger partial charge on any atom is 0.233 e. The summed E-state index contributed by atoms with van der Waals surface area (Å²) in [7, 11) is -3.47. The largest absolute Gasteiger partial charge is 0.493 e. The van der Waals surface area contributed by atoms with Crippen LogP contribution in [0, 0.1) is 0 Å². The van der Waals surface area contributed by atoms with Gasteiger partial charge in [-0.05, 0) is 31.0 Å². The first-order chi connectivity index (χ1) is 9.96. The predicted octanol–water partition coefficient (Wildman–Crippen LogP) is 2.06. The van der Waals surface area contributed by atoms with E-state index >= 15 is 0 Å². The summed E-state index contributed by atoms with van der Waals surface area (Å²) in [5.41, 5.74) is 0.764. The molecule has 0 aliphatic carbocycles. The molecule has 21 heavy (non-hydrogen) atoms. The number of carbonyl (C=O) groups is 1. The van der Waals surface area contributed by atoms with Crippen LogP contribution in [0.3, 0.4) is 0 Å². The molecular weight excluding hydrogens is 294 g/mol. The highest BCUT2D eigenvalue weighted by Crippen LogP contribution is 2.26. The van der Waals surface area contributed by atoms with Crippen LogP contribution in [-0.2, 0) is 14.8 Å². The Hall–Kier alpha value is -2.02. The molecule has 0 atom stereocenters. The first kappa shape index (κ1) is 15.4. The molecule has 0 radical (unpaired) electrons. The number of ether oxygens (including phenoxy) is 1. The van der Waals surface area contributed by atoms with Crippen LogP contribution in [-0.4, -0.2) is 27.2 Å². The van der Waals surface area contributed by atoms with Crippen molar-refractivity contribution in [2.75, 3.05) is 12.9 Å². The molecule has 2 aromatic rings. The maximum atomic E-state index is 11.3. The fraction of sp³-hybridized carbons (Fsp3) is 0.357. The van der Waals surface area contributed by atoms with Gasteiger partial charge in [-0.25, -0.2) is 8.42 Å². The molecule has 114 valence electrons. The number of rotatable bonds is 7. The fourth-order valence-electron chi connectivity index (χ4n) is 1.92. The summed E-state index contributed by atoms with van der Waals surface area (Å²) in [4.78, 5) is 11.3. The highest BCUT2D eigenvalue weighted by Gasteiger charge is 2.08. The maximum absolute atomic E-state index is 11.3. The lowest BCUT2D eigenvalue weighted by Crippen LogP contribution is -2.29. The van der Waals surface area contributed by atoms with Crippen LogP contribution in [0.5, 0.6) is 5.75 Å². The molecule has 1 aromatic carbocycles. The lowest BCUT2D eigenvalue weighted by atomic mass is 10.2. The Labute approximate surface area is 123 Å². The summed E-state index contributed by atoms with van der Waals surface area (Å²) < 4.78 is 34.6. The first-order valence-electron chi connectivity index (χ1n) is 6.55. The average Bonchev–Trinajstić information content (AvgIpc) is 2.85. The van der Waals surface area contributed by atoms with E-state index in [1.54, 1.807) is 6.26 Å². The van der Waals surface area contributed by atoms with Crippen molar-refractivity contribution >= 4 is 26.9 Å². The van der Waals surface area contributed by atoms with Gasteiger partial charge in [0.2, 0.25) is 15.9 Å². The van der Waals surface area contributed by atoms with Crippen molar-refractivity contribution in [3.8, 4) is 5.75 Å². The molecule has 1 heterocycles. The van der Waals surface area contributed by atoms with Gasteiger partial charge in [-0.15, -0.1) is 0 Å². The molecule has 6 nitrogen and oxygen atoms in total. The highest BCUT2D eigenvalue weighted by atomic mass is 32.2. The third-order valence-electron chi connectivity index (χ3n) is 2.81. The number of benzene rings is 1. The first-order valence-corrected chi connectivity index (χ1v) is 8.44. The lowest BCUT2D eigenvalue weighted by molar-refractivity contribution is -0.119. The van der Waals surface area contributed by atoms with Crippen LogP contribution in [0.4, 0.5) is 0 Å². The van der Waals surface area contributed by atoms with Crippen molar-refractivity contribution in [2.24, 2.45) is 0 Å². The second kappa shape index (κ2) is 6.62. The van der Waals surface area contributed by atoms with E-state index in [0.717, 1.165) is 23.0 Å². The van der Waals surface area contributed by atoms with E-state index in [9.17, 15) is 13.2 Å². The lowest BCUT2D eigenvalue weighted by Gasteiger charge is -2.07. The van der Waals surface area contributed by atoms with Gasteiger partial charge in [-0.1, -0.05) is 6.07 Å². The molecule has 0 saturated heterocycles. The minimum atomic E-state index is -3.47. The van der Waals surface area contributed by atoms with Gasteiger partial charge < -0.3 is 9.15 Å². The third-order valence-corrected chi connectivity index (χ3v) is 3.41. The zero-order valence-electron chi connectivity index (χ0n) is 11.7. The molecule has 0 spiro atoms. The smallest absolute Gasteiger partial charge is 0.233 e. The van der Waals surface area contributed by atoms with Crippen molar-refractivity contribution in [3.63, 3.8) is 0 Å². The molecule has 0 bridgehead atoms. The summed E-state index contributed by atoms with van der Waals surface area (Å²) in [6.45, 7) is 0.455. The molecule has 0 aliphatic rings. The van der Waals surface area contributed by atoms with E-state index in [1.807, 2.05) is 29.0 Å². The van der Waals surface area contributed by atoms with E-state index in [1.165, 1.54) is 0 Å². The van der Waals surface area contributed by atoms with Crippen LogP contribution < -0.4 is 9.46 Å². The van der Waals surface area contributed by atoms with Crippen LogP contribution in [0.25, 0.3) is 11.0 Å². The molecule has 0 fully saturated rings. The Balaban J connectivity index is 1.73. The minimum absolute atomic E-state index is 0.159. The molecule has 2 rings (SSSR count). The quantitative estimate of drug-likeness (QED) is 0.791. The topological polar surface area (TPSA) is 85.6 Å². The molecule has 0 saturated carbocycles. The SMILES string of the molecule is CS(=O)(=O)NC(=O)CCCCOc1cccc2occc12. The normalized spacial score (nSPS) is 11.5. The molecule has 0 aliphatic heterocycles. The molecular formula is C14H17NO5S. The number of carbonyl (C=O) groups excluding carboxylic acids is 1. The van der Waals surface area contributed by atoms with Gasteiger partial charge >= 0.3 is 0 Å². The van der Waals surface area contributed by atoms with E-state index in [2.05, 4.69) is 0 Å². The number of unbranched alkanes of at least 4 members (excludes halogenated alkanes) is 1. The van der Waals surface area contributed by atoms with Gasteiger partial charge in [-0.2, -0.15) is 0 Å². The Kier molecular flexibility index (Phi) is 4.85. The van der Waals surface area contributed by atoms with Gasteiger partial charge in [0, 0.05) is 6.42 Å². The number of hydrogen-bond donors (Lipinski definition) is 1. The van der Waals surface area contributed by atoms with Crippen molar-refractivity contribution in [1.29, 1.82) is 0 Å². The minimum Gasteiger partial charge on any atom is -0.493 e. The van der Waals surface area contributed by atoms with Crippen LogP contribution in [0.15, 0.2) is 34.9 Å². The Bertz CT molecular complexity index is 720.